The summed E-state index contributed by atoms with van der Waals surface area (Å²) in [5.74, 6) is 0.226. The molecule has 1 aromatic heterocycles. The van der Waals surface area contributed by atoms with Gasteiger partial charge in [-0.1, -0.05) is 0 Å². The number of carbonyl (C=O) groups excluding carboxylic acids is 3. The van der Waals surface area contributed by atoms with Gasteiger partial charge in [0.2, 0.25) is 0 Å². The summed E-state index contributed by atoms with van der Waals surface area (Å²) < 4.78 is 88.8. The molecule has 10 nitrogen and oxygen atoms in total. The Kier molecular flexibility index (Phi) is 10.7. The van der Waals surface area contributed by atoms with Crippen molar-refractivity contribution in [2.75, 3.05) is 57.4 Å². The summed E-state index contributed by atoms with van der Waals surface area (Å²) in [6, 6.07) is 0.548. The number of ether oxygens (including phenoxy) is 1. The lowest BCUT2D eigenvalue weighted by atomic mass is 9.79. The van der Waals surface area contributed by atoms with Crippen LogP contribution in [0.5, 0.6) is 0 Å². The second-order valence-electron chi connectivity index (χ2n) is 14.1. The fraction of sp³-hybridized carbons (Fsp3) is 0.618. The molecule has 3 N–H and O–H groups in total. The molecule has 0 radical (unpaired) electrons. The van der Waals surface area contributed by atoms with Crippen molar-refractivity contribution >= 4 is 40.7 Å². The van der Waals surface area contributed by atoms with E-state index < -0.39 is 59.3 Å². The van der Waals surface area contributed by atoms with Gasteiger partial charge in [-0.25, -0.2) is 9.59 Å². The predicted octanol–water partition coefficient (Wildman–Crippen LogP) is 6.51. The highest BCUT2D eigenvalue weighted by Gasteiger charge is 2.42. The van der Waals surface area contributed by atoms with Gasteiger partial charge in [0.25, 0.3) is 5.91 Å². The second kappa shape index (κ2) is 14.7. The molecule has 1 atom stereocenters. The summed E-state index contributed by atoms with van der Waals surface area (Å²) in [4.78, 5) is 47.0. The first kappa shape index (κ1) is 37.0. The van der Waals surface area contributed by atoms with Crippen LogP contribution < -0.4 is 11.1 Å². The number of carbonyl (C=O) groups is 3. The number of benzene rings is 1. The van der Waals surface area contributed by atoms with Crippen LogP contribution >= 0.6 is 11.3 Å². The van der Waals surface area contributed by atoms with Crippen molar-refractivity contribution in [2.24, 2.45) is 11.8 Å². The summed E-state index contributed by atoms with van der Waals surface area (Å²) in [7, 11) is 2.07. The molecule has 17 heteroatoms. The molecule has 0 bridgehead atoms. The number of likely N-dealkylation sites (tertiary alicyclic amines) is 3. The van der Waals surface area contributed by atoms with Gasteiger partial charge in [-0.15, -0.1) is 11.3 Å². The van der Waals surface area contributed by atoms with Crippen molar-refractivity contribution in [3.05, 3.63) is 45.1 Å². The molecule has 1 aromatic carbocycles. The van der Waals surface area contributed by atoms with Gasteiger partial charge in [-0.2, -0.15) is 26.3 Å². The number of rotatable bonds is 6. The van der Waals surface area contributed by atoms with Crippen molar-refractivity contribution in [1.82, 2.24) is 19.6 Å². The molecule has 3 saturated heterocycles. The zero-order valence-corrected chi connectivity index (χ0v) is 29.0. The number of anilines is 2. The number of nitrogens with one attached hydrogen (secondary N) is 1. The number of urea groups is 1. The van der Waals surface area contributed by atoms with E-state index in [4.69, 9.17) is 10.5 Å². The van der Waals surface area contributed by atoms with Crippen molar-refractivity contribution in [2.45, 2.75) is 76.0 Å². The summed E-state index contributed by atoms with van der Waals surface area (Å²) in [6.45, 7) is 3.41. The van der Waals surface area contributed by atoms with E-state index in [2.05, 4.69) is 17.3 Å². The van der Waals surface area contributed by atoms with Gasteiger partial charge >= 0.3 is 24.5 Å². The average Bonchev–Trinajstić information content (AvgIpc) is 3.54. The molecule has 0 unspecified atom stereocenters. The molecular weight excluding hydrogens is 702 g/mol. The lowest BCUT2D eigenvalue weighted by molar-refractivity contribution is -0.142. The number of thiophene rings is 1. The minimum Gasteiger partial charge on any atom is -0.436 e. The number of halogens is 6. The van der Waals surface area contributed by atoms with Crippen LogP contribution in [-0.4, -0.2) is 96.1 Å². The van der Waals surface area contributed by atoms with Crippen molar-refractivity contribution in [1.29, 1.82) is 0 Å². The number of nitrogens with zero attached hydrogens (tertiary/aromatic N) is 4. The summed E-state index contributed by atoms with van der Waals surface area (Å²) in [5.41, 5.74) is 1.80. The van der Waals surface area contributed by atoms with Gasteiger partial charge in [0, 0.05) is 49.6 Å². The lowest BCUT2D eigenvalue weighted by Gasteiger charge is -2.41. The first-order chi connectivity index (χ1) is 24.1. The fourth-order valence-corrected chi connectivity index (χ4v) is 8.62. The van der Waals surface area contributed by atoms with Gasteiger partial charge < -0.3 is 35.4 Å². The van der Waals surface area contributed by atoms with Crippen LogP contribution in [-0.2, 0) is 34.8 Å². The smallest absolute Gasteiger partial charge is 0.418 e. The minimum atomic E-state index is -5.20. The number of nitrogen functional groups attached to an aromatic ring is 1. The highest BCUT2D eigenvalue weighted by molar-refractivity contribution is 7.08. The Morgan fingerprint density at radius 2 is 1.43 bits per heavy atom. The molecule has 0 saturated carbocycles. The number of piperidine rings is 3. The summed E-state index contributed by atoms with van der Waals surface area (Å²) >= 11 is 1.48. The Bertz CT molecular complexity index is 1560. The number of hydrogen-bond donors (Lipinski definition) is 2. The van der Waals surface area contributed by atoms with Crippen molar-refractivity contribution < 1.29 is 45.5 Å². The standard InChI is InChI=1S/C34H42F6N6O4S/c1-43-8-2-21(3-9-43)22-4-10-44(11-5-22)30(47)28(16-20-14-25(33(35,36)37)29(41)26(15-20)34(38,39)40)50-32(49)45-12-6-24(7-13-45)46-17-23-18-51-19-27(23)42-31(46)48/h14-15,18-19,21-22,24,28H,2-13,16-17,41H2,1H3,(H,42,48)/t28-/m1/s1. The van der Waals surface area contributed by atoms with E-state index in [0.717, 1.165) is 37.2 Å². The molecule has 4 amide bonds. The Balaban J connectivity index is 1.17. The quantitative estimate of drug-likeness (QED) is 0.258. The molecule has 4 aliphatic heterocycles. The Labute approximate surface area is 295 Å². The highest BCUT2D eigenvalue weighted by Crippen LogP contribution is 2.42. The maximum Gasteiger partial charge on any atom is 0.418 e. The monoisotopic (exact) mass is 744 g/mol. The van der Waals surface area contributed by atoms with E-state index >= 15 is 0 Å². The number of alkyl halides is 6. The maximum atomic E-state index is 14.0. The zero-order valence-electron chi connectivity index (χ0n) is 28.2. The van der Waals surface area contributed by atoms with Crippen LogP contribution in [0.1, 0.15) is 60.8 Å². The molecule has 4 aliphatic rings. The van der Waals surface area contributed by atoms with E-state index in [1.807, 2.05) is 10.8 Å². The van der Waals surface area contributed by atoms with Gasteiger partial charge in [0.15, 0.2) is 6.10 Å². The first-order valence-corrected chi connectivity index (χ1v) is 18.1. The van der Waals surface area contributed by atoms with Gasteiger partial charge in [-0.3, -0.25) is 4.79 Å². The third-order valence-corrected chi connectivity index (χ3v) is 11.6. The highest BCUT2D eigenvalue weighted by atomic mass is 32.1. The van der Waals surface area contributed by atoms with E-state index in [9.17, 15) is 40.7 Å². The maximum absolute atomic E-state index is 14.0. The Hall–Kier alpha value is -3.73. The zero-order chi connectivity index (χ0) is 36.7. The molecule has 51 heavy (non-hydrogen) atoms. The number of amides is 4. The molecule has 3 fully saturated rings. The van der Waals surface area contributed by atoms with Crippen LogP contribution in [0.15, 0.2) is 22.9 Å². The lowest BCUT2D eigenvalue weighted by Crippen LogP contribution is -2.52. The van der Waals surface area contributed by atoms with E-state index in [1.54, 1.807) is 4.90 Å². The van der Waals surface area contributed by atoms with E-state index in [1.165, 1.54) is 21.1 Å². The largest absolute Gasteiger partial charge is 0.436 e. The summed E-state index contributed by atoms with van der Waals surface area (Å²) in [6.07, 6.45) is -9.39. The van der Waals surface area contributed by atoms with Crippen molar-refractivity contribution in [3.63, 3.8) is 0 Å². The number of nitrogens with two attached hydrogens (primary N) is 1. The second-order valence-corrected chi connectivity index (χ2v) is 14.8. The SMILES string of the molecule is CN1CCC(C2CCN(C(=O)[C@@H](Cc3cc(C(F)(F)F)c(N)c(C(F)(F)F)c3)OC(=O)N3CCC(N4Cc5cscc5NC4=O)CC3)CC2)CC1. The van der Waals surface area contributed by atoms with Gasteiger partial charge in [-0.05, 0) is 93.6 Å². The van der Waals surface area contributed by atoms with Crippen LogP contribution in [0.25, 0.3) is 0 Å². The normalized spacial score (nSPS) is 21.0. The van der Waals surface area contributed by atoms with Gasteiger partial charge in [0.1, 0.15) is 0 Å². The minimum absolute atomic E-state index is 0.172. The number of hydrogen-bond acceptors (Lipinski definition) is 7. The van der Waals surface area contributed by atoms with Crippen LogP contribution in [0.3, 0.4) is 0 Å². The molecule has 0 spiro atoms. The third kappa shape index (κ3) is 8.34. The van der Waals surface area contributed by atoms with Crippen LogP contribution in [0, 0.1) is 11.8 Å². The fourth-order valence-electron chi connectivity index (χ4n) is 7.84. The molecular formula is C34H42F6N6O4S. The third-order valence-electron chi connectivity index (χ3n) is 10.8. The molecule has 280 valence electrons. The molecule has 2 aromatic rings. The Morgan fingerprint density at radius 3 is 2.00 bits per heavy atom. The van der Waals surface area contributed by atoms with Crippen molar-refractivity contribution in [3.8, 4) is 0 Å². The topological polar surface area (TPSA) is 111 Å². The molecule has 6 rings (SSSR count). The van der Waals surface area contributed by atoms with E-state index in [0.29, 0.717) is 69.3 Å². The predicted molar refractivity (Wildman–Crippen MR) is 178 cm³/mol. The number of fused-ring (bicyclic) bond motifs is 1. The van der Waals surface area contributed by atoms with Crippen LogP contribution in [0.4, 0.5) is 47.3 Å². The molecule has 5 heterocycles. The Morgan fingerprint density at radius 1 is 0.882 bits per heavy atom. The van der Waals surface area contributed by atoms with Gasteiger partial charge in [0.05, 0.1) is 29.0 Å². The summed E-state index contributed by atoms with van der Waals surface area (Å²) in [5, 5.41) is 6.68. The first-order valence-electron chi connectivity index (χ1n) is 17.2. The van der Waals surface area contributed by atoms with Crippen LogP contribution in [0.2, 0.25) is 0 Å². The average molecular weight is 745 g/mol. The molecule has 0 aliphatic carbocycles. The van der Waals surface area contributed by atoms with E-state index in [-0.39, 0.29) is 25.2 Å².